The third-order valence-corrected chi connectivity index (χ3v) is 3.73. The molecule has 1 aromatic heterocycles. The molecule has 0 saturated heterocycles. The molecule has 2 aromatic rings. The van der Waals surface area contributed by atoms with Crippen molar-refractivity contribution in [3.05, 3.63) is 50.0 Å². The third-order valence-electron chi connectivity index (χ3n) is 2.69. The van der Waals surface area contributed by atoms with Crippen molar-refractivity contribution >= 4 is 23.0 Å². The fourth-order valence-electron chi connectivity index (χ4n) is 1.71. The van der Waals surface area contributed by atoms with Gasteiger partial charge < -0.3 is 9.84 Å². The molecule has 21 heavy (non-hydrogen) atoms. The van der Waals surface area contributed by atoms with E-state index in [0.29, 0.717) is 5.69 Å². The Balaban J connectivity index is 2.28. The number of aromatic carboxylic acids is 1. The number of ether oxygens (including phenoxy) is 1. The van der Waals surface area contributed by atoms with Gasteiger partial charge in [0.1, 0.15) is 12.2 Å². The lowest BCUT2D eigenvalue weighted by atomic mass is 10.1. The van der Waals surface area contributed by atoms with Gasteiger partial charge in [-0.15, -0.1) is 11.3 Å². The number of aryl methyl sites for hydroxylation is 1. The molecular formula is C13H12N2O5S. The number of benzene rings is 1. The molecule has 1 N–H and O–H groups in total. The topological polar surface area (TPSA) is 103 Å². The highest BCUT2D eigenvalue weighted by atomic mass is 32.1. The van der Waals surface area contributed by atoms with Crippen LogP contribution >= 0.6 is 11.3 Å². The lowest BCUT2D eigenvalue weighted by molar-refractivity contribution is -0.386. The first-order valence-corrected chi connectivity index (χ1v) is 6.97. The second-order valence-electron chi connectivity index (χ2n) is 4.09. The first-order chi connectivity index (χ1) is 10.0. The number of aromatic nitrogens is 1. The van der Waals surface area contributed by atoms with Crippen molar-refractivity contribution in [3.8, 4) is 5.75 Å². The molecule has 8 heteroatoms. The van der Waals surface area contributed by atoms with E-state index in [2.05, 4.69) is 4.98 Å². The van der Waals surface area contributed by atoms with Gasteiger partial charge in [0.15, 0.2) is 0 Å². The standard InChI is InChI=1S/C13H12N2O5S/c1-2-11-14-8(7-21-11)6-20-12-9(13(16)17)4-3-5-10(12)15(18)19/h3-5,7H,2,6H2,1H3,(H,16,17). The summed E-state index contributed by atoms with van der Waals surface area (Å²) >= 11 is 1.46. The van der Waals surface area contributed by atoms with E-state index in [1.165, 1.54) is 29.5 Å². The van der Waals surface area contributed by atoms with Crippen LogP contribution in [0.4, 0.5) is 5.69 Å². The minimum absolute atomic E-state index is 0.0123. The highest BCUT2D eigenvalue weighted by Crippen LogP contribution is 2.31. The number of nitro groups is 1. The van der Waals surface area contributed by atoms with E-state index < -0.39 is 10.9 Å². The summed E-state index contributed by atoms with van der Waals surface area (Å²) < 4.78 is 5.36. The quantitative estimate of drug-likeness (QED) is 0.650. The van der Waals surface area contributed by atoms with Crippen LogP contribution in [0.1, 0.15) is 28.0 Å². The molecule has 0 atom stereocenters. The first kappa shape index (κ1) is 14.9. The highest BCUT2D eigenvalue weighted by Gasteiger charge is 2.23. The van der Waals surface area contributed by atoms with Crippen LogP contribution in [0.25, 0.3) is 0 Å². The highest BCUT2D eigenvalue weighted by molar-refractivity contribution is 7.09. The monoisotopic (exact) mass is 308 g/mol. The number of hydrogen-bond donors (Lipinski definition) is 1. The van der Waals surface area contributed by atoms with Gasteiger partial charge in [-0.25, -0.2) is 9.78 Å². The number of rotatable bonds is 6. The van der Waals surface area contributed by atoms with Gasteiger partial charge >= 0.3 is 11.7 Å². The molecule has 110 valence electrons. The Labute approximate surface area is 124 Å². The predicted octanol–water partition coefficient (Wildman–Crippen LogP) is 2.89. The van der Waals surface area contributed by atoms with E-state index in [1.807, 2.05) is 6.92 Å². The zero-order valence-corrected chi connectivity index (χ0v) is 11.9. The van der Waals surface area contributed by atoms with Crippen molar-refractivity contribution in [1.29, 1.82) is 0 Å². The molecule has 0 unspecified atom stereocenters. The summed E-state index contributed by atoms with van der Waals surface area (Å²) in [5.74, 6) is -1.53. The van der Waals surface area contributed by atoms with Gasteiger partial charge in [0, 0.05) is 11.4 Å². The molecule has 0 aliphatic rings. The molecule has 0 radical (unpaired) electrons. The normalized spacial score (nSPS) is 10.3. The van der Waals surface area contributed by atoms with Crippen molar-refractivity contribution in [2.45, 2.75) is 20.0 Å². The molecule has 7 nitrogen and oxygen atoms in total. The van der Waals surface area contributed by atoms with Gasteiger partial charge in [0.25, 0.3) is 0 Å². The second kappa shape index (κ2) is 6.31. The van der Waals surface area contributed by atoms with Crippen LogP contribution in [0.15, 0.2) is 23.6 Å². The summed E-state index contributed by atoms with van der Waals surface area (Å²) in [7, 11) is 0. The summed E-state index contributed by atoms with van der Waals surface area (Å²) in [5.41, 5.74) is 0.00216. The Morgan fingerprint density at radius 2 is 2.29 bits per heavy atom. The Morgan fingerprint density at radius 1 is 1.52 bits per heavy atom. The van der Waals surface area contributed by atoms with Gasteiger partial charge in [-0.1, -0.05) is 13.0 Å². The van der Waals surface area contributed by atoms with Crippen LogP contribution in [0.5, 0.6) is 5.75 Å². The Morgan fingerprint density at radius 3 is 2.86 bits per heavy atom. The molecule has 0 aliphatic carbocycles. The smallest absolute Gasteiger partial charge is 0.339 e. The van der Waals surface area contributed by atoms with Crippen molar-refractivity contribution in [2.24, 2.45) is 0 Å². The molecule has 0 aliphatic heterocycles. The molecule has 0 spiro atoms. The van der Waals surface area contributed by atoms with E-state index in [-0.39, 0.29) is 23.6 Å². The molecule has 0 saturated carbocycles. The fourth-order valence-corrected chi connectivity index (χ4v) is 2.44. The van der Waals surface area contributed by atoms with Crippen molar-refractivity contribution in [3.63, 3.8) is 0 Å². The number of carbonyl (C=O) groups is 1. The minimum Gasteiger partial charge on any atom is -0.480 e. The van der Waals surface area contributed by atoms with Gasteiger partial charge in [0.05, 0.1) is 15.6 Å². The van der Waals surface area contributed by atoms with E-state index >= 15 is 0 Å². The number of thiazole rings is 1. The van der Waals surface area contributed by atoms with Gasteiger partial charge in [0.2, 0.25) is 5.75 Å². The largest absolute Gasteiger partial charge is 0.480 e. The van der Waals surface area contributed by atoms with Crippen LogP contribution in [0.2, 0.25) is 0 Å². The summed E-state index contributed by atoms with van der Waals surface area (Å²) in [4.78, 5) is 25.7. The SMILES string of the molecule is CCc1nc(COc2c(C(=O)O)cccc2[N+](=O)[O-])cs1. The minimum atomic E-state index is -1.28. The number of carboxylic acid groups (broad SMARTS) is 1. The zero-order chi connectivity index (χ0) is 15.4. The van der Waals surface area contributed by atoms with Crippen LogP contribution in [-0.4, -0.2) is 21.0 Å². The average Bonchev–Trinajstić information content (AvgIpc) is 2.92. The van der Waals surface area contributed by atoms with Gasteiger partial charge in [-0.3, -0.25) is 10.1 Å². The summed E-state index contributed by atoms with van der Waals surface area (Å²) in [5, 5.41) is 22.8. The Hall–Kier alpha value is -2.48. The summed E-state index contributed by atoms with van der Waals surface area (Å²) in [6.45, 7) is 1.95. The molecule has 1 aromatic carbocycles. The van der Waals surface area contributed by atoms with Gasteiger partial charge in [-0.2, -0.15) is 0 Å². The lowest BCUT2D eigenvalue weighted by Gasteiger charge is -2.08. The maximum absolute atomic E-state index is 11.1. The fraction of sp³-hybridized carbons (Fsp3) is 0.231. The molecular weight excluding hydrogens is 296 g/mol. The van der Waals surface area contributed by atoms with E-state index in [0.717, 1.165) is 11.4 Å². The molecule has 0 fully saturated rings. The first-order valence-electron chi connectivity index (χ1n) is 6.09. The van der Waals surface area contributed by atoms with E-state index in [4.69, 9.17) is 9.84 Å². The Kier molecular flexibility index (Phi) is 4.49. The van der Waals surface area contributed by atoms with Crippen molar-refractivity contribution in [2.75, 3.05) is 0 Å². The molecule has 0 bridgehead atoms. The maximum atomic E-state index is 11.1. The molecule has 0 amide bonds. The number of nitro benzene ring substituents is 1. The number of hydrogen-bond acceptors (Lipinski definition) is 6. The van der Waals surface area contributed by atoms with Crippen LogP contribution in [0, 0.1) is 10.1 Å². The molecule has 2 rings (SSSR count). The van der Waals surface area contributed by atoms with Crippen LogP contribution in [-0.2, 0) is 13.0 Å². The number of nitrogens with zero attached hydrogens (tertiary/aromatic N) is 2. The van der Waals surface area contributed by atoms with Crippen LogP contribution in [0.3, 0.4) is 0 Å². The van der Waals surface area contributed by atoms with E-state index in [1.54, 1.807) is 5.38 Å². The number of para-hydroxylation sites is 1. The van der Waals surface area contributed by atoms with E-state index in [9.17, 15) is 14.9 Å². The summed E-state index contributed by atoms with van der Waals surface area (Å²) in [6.07, 6.45) is 0.788. The Bertz CT molecular complexity index is 651. The van der Waals surface area contributed by atoms with Crippen molar-refractivity contribution in [1.82, 2.24) is 4.98 Å². The number of carboxylic acids is 1. The average molecular weight is 308 g/mol. The maximum Gasteiger partial charge on any atom is 0.339 e. The third kappa shape index (κ3) is 3.34. The van der Waals surface area contributed by atoms with Crippen LogP contribution < -0.4 is 4.74 Å². The molecule has 1 heterocycles. The predicted molar refractivity (Wildman–Crippen MR) is 75.9 cm³/mol. The zero-order valence-electron chi connectivity index (χ0n) is 11.1. The van der Waals surface area contributed by atoms with Crippen molar-refractivity contribution < 1.29 is 19.6 Å². The second-order valence-corrected chi connectivity index (χ2v) is 5.03. The summed E-state index contributed by atoms with van der Waals surface area (Å²) in [6, 6.07) is 3.79. The van der Waals surface area contributed by atoms with Gasteiger partial charge in [-0.05, 0) is 12.5 Å². The lowest BCUT2D eigenvalue weighted by Crippen LogP contribution is -2.06.